The molecule has 0 radical (unpaired) electrons. The Morgan fingerprint density at radius 3 is 2.17 bits per heavy atom. The van der Waals surface area contributed by atoms with E-state index in [1.54, 1.807) is 0 Å². The first-order valence-corrected chi connectivity index (χ1v) is 4.08. The zero-order valence-corrected chi connectivity index (χ0v) is 7.07. The maximum absolute atomic E-state index is 12.9. The molecule has 1 saturated carbocycles. The Balaban J connectivity index is 2.85. The highest BCUT2D eigenvalue weighted by Gasteiger charge is 2.58. The number of aliphatic hydroxyl groups is 1. The van der Waals surface area contributed by atoms with Gasteiger partial charge in [0.25, 0.3) is 5.24 Å². The zero-order valence-electron chi connectivity index (χ0n) is 6.32. The van der Waals surface area contributed by atoms with Gasteiger partial charge in [0.15, 0.2) is 0 Å². The van der Waals surface area contributed by atoms with Crippen LogP contribution in [0.2, 0.25) is 0 Å². The fraction of sp³-hybridized carbons (Fsp3) is 0.857. The Morgan fingerprint density at radius 2 is 1.83 bits per heavy atom. The van der Waals surface area contributed by atoms with Gasteiger partial charge in [0.1, 0.15) is 5.60 Å². The van der Waals surface area contributed by atoms with Crippen molar-refractivity contribution in [3.8, 4) is 0 Å². The van der Waals surface area contributed by atoms with Crippen LogP contribution in [-0.2, 0) is 4.79 Å². The molecule has 0 amide bonds. The fourth-order valence-corrected chi connectivity index (χ4v) is 1.63. The lowest BCUT2D eigenvalue weighted by Gasteiger charge is -2.28. The Bertz CT molecular complexity index is 200. The summed E-state index contributed by atoms with van der Waals surface area (Å²) in [5.41, 5.74) is -2.20. The van der Waals surface area contributed by atoms with Crippen molar-refractivity contribution in [2.45, 2.75) is 37.2 Å². The van der Waals surface area contributed by atoms with Gasteiger partial charge in [-0.2, -0.15) is 8.78 Å². The molecule has 1 rings (SSSR count). The van der Waals surface area contributed by atoms with Gasteiger partial charge >= 0.3 is 5.92 Å². The second-order valence-corrected chi connectivity index (χ2v) is 3.43. The zero-order chi connectivity index (χ0) is 9.41. The molecule has 1 aliphatic carbocycles. The van der Waals surface area contributed by atoms with Crippen LogP contribution in [-0.4, -0.2) is 21.9 Å². The van der Waals surface area contributed by atoms with Crippen molar-refractivity contribution in [1.29, 1.82) is 0 Å². The molecule has 70 valence electrons. The van der Waals surface area contributed by atoms with Gasteiger partial charge in [0, 0.05) is 0 Å². The molecule has 1 aliphatic rings. The standard InChI is InChI=1S/C7H9ClF2O2/c8-5(11)7(9,10)6(12)3-1-2-4-6/h12H,1-4H2. The van der Waals surface area contributed by atoms with E-state index in [-0.39, 0.29) is 12.8 Å². The van der Waals surface area contributed by atoms with Crippen molar-refractivity contribution in [3.05, 3.63) is 0 Å². The smallest absolute Gasteiger partial charge is 0.347 e. The molecule has 5 heteroatoms. The predicted octanol–water partition coefficient (Wildman–Crippen LogP) is 1.69. The minimum absolute atomic E-state index is 0.0571. The van der Waals surface area contributed by atoms with Gasteiger partial charge in [0.2, 0.25) is 0 Å². The summed E-state index contributed by atoms with van der Waals surface area (Å²) in [6, 6.07) is 0. The third-order valence-electron chi connectivity index (χ3n) is 2.26. The third kappa shape index (κ3) is 1.33. The number of carbonyl (C=O) groups excluding carboxylic acids is 1. The van der Waals surface area contributed by atoms with Crippen LogP contribution in [0.15, 0.2) is 0 Å². The Morgan fingerprint density at radius 1 is 1.42 bits per heavy atom. The van der Waals surface area contributed by atoms with Gasteiger partial charge in [-0.1, -0.05) is 12.8 Å². The second kappa shape index (κ2) is 2.92. The van der Waals surface area contributed by atoms with Crippen LogP contribution >= 0.6 is 11.6 Å². The molecule has 2 nitrogen and oxygen atoms in total. The van der Waals surface area contributed by atoms with Crippen molar-refractivity contribution in [3.63, 3.8) is 0 Å². The first kappa shape index (κ1) is 9.86. The van der Waals surface area contributed by atoms with E-state index in [0.29, 0.717) is 12.8 Å². The quantitative estimate of drug-likeness (QED) is 0.686. The summed E-state index contributed by atoms with van der Waals surface area (Å²) in [5, 5.41) is 7.56. The molecule has 0 aromatic heterocycles. The first-order chi connectivity index (χ1) is 5.40. The van der Waals surface area contributed by atoms with Gasteiger partial charge in [-0.05, 0) is 24.4 Å². The minimum atomic E-state index is -3.80. The number of hydrogen-bond donors (Lipinski definition) is 1. The van der Waals surface area contributed by atoms with Gasteiger partial charge in [0.05, 0.1) is 0 Å². The lowest BCUT2D eigenvalue weighted by atomic mass is 9.95. The maximum atomic E-state index is 12.9. The summed E-state index contributed by atoms with van der Waals surface area (Å²) in [5.74, 6) is -3.80. The normalized spacial score (nSPS) is 22.7. The van der Waals surface area contributed by atoms with E-state index in [1.807, 2.05) is 0 Å². The van der Waals surface area contributed by atoms with E-state index in [0.717, 1.165) is 0 Å². The molecular weight excluding hydrogens is 190 g/mol. The number of halogens is 3. The van der Waals surface area contributed by atoms with Crippen LogP contribution in [0.25, 0.3) is 0 Å². The average Bonchev–Trinajstić information content (AvgIpc) is 2.37. The van der Waals surface area contributed by atoms with Gasteiger partial charge < -0.3 is 5.11 Å². The molecule has 0 aliphatic heterocycles. The number of rotatable bonds is 2. The van der Waals surface area contributed by atoms with Crippen LogP contribution in [0, 0.1) is 0 Å². The molecule has 1 N–H and O–H groups in total. The van der Waals surface area contributed by atoms with Crippen LogP contribution in [0.4, 0.5) is 8.78 Å². The largest absolute Gasteiger partial charge is 0.383 e. The molecule has 0 aromatic rings. The van der Waals surface area contributed by atoms with Crippen molar-refractivity contribution in [1.82, 2.24) is 0 Å². The van der Waals surface area contributed by atoms with Gasteiger partial charge in [-0.15, -0.1) is 0 Å². The average molecular weight is 199 g/mol. The van der Waals surface area contributed by atoms with E-state index in [4.69, 9.17) is 11.6 Å². The number of alkyl halides is 2. The van der Waals surface area contributed by atoms with Crippen molar-refractivity contribution in [2.24, 2.45) is 0 Å². The van der Waals surface area contributed by atoms with Crippen LogP contribution in [0.1, 0.15) is 25.7 Å². The third-order valence-corrected chi connectivity index (χ3v) is 2.50. The summed E-state index contributed by atoms with van der Waals surface area (Å²) in [7, 11) is 0. The number of hydrogen-bond acceptors (Lipinski definition) is 2. The predicted molar refractivity (Wildman–Crippen MR) is 39.2 cm³/mol. The molecule has 0 heterocycles. The van der Waals surface area contributed by atoms with E-state index in [2.05, 4.69) is 0 Å². The van der Waals surface area contributed by atoms with Crippen molar-refractivity contribution >= 4 is 16.8 Å². The van der Waals surface area contributed by atoms with Gasteiger partial charge in [-0.25, -0.2) is 0 Å². The van der Waals surface area contributed by atoms with Crippen molar-refractivity contribution in [2.75, 3.05) is 0 Å². The molecule has 0 saturated heterocycles. The van der Waals surface area contributed by atoms with Crippen LogP contribution in [0.3, 0.4) is 0 Å². The molecule has 0 atom stereocenters. The lowest BCUT2D eigenvalue weighted by Crippen LogP contribution is -2.49. The summed E-state index contributed by atoms with van der Waals surface area (Å²) in [6.07, 6.45) is 0.906. The van der Waals surface area contributed by atoms with Crippen LogP contribution < -0.4 is 0 Å². The lowest BCUT2D eigenvalue weighted by molar-refractivity contribution is -0.181. The molecule has 12 heavy (non-hydrogen) atoms. The molecule has 1 fully saturated rings. The van der Waals surface area contributed by atoms with E-state index < -0.39 is 16.8 Å². The Kier molecular flexibility index (Phi) is 2.40. The summed E-state index contributed by atoms with van der Waals surface area (Å²) >= 11 is 4.69. The summed E-state index contributed by atoms with van der Waals surface area (Å²) in [6.45, 7) is 0. The molecule has 0 bridgehead atoms. The van der Waals surface area contributed by atoms with Crippen LogP contribution in [0.5, 0.6) is 0 Å². The molecule has 0 unspecified atom stereocenters. The topological polar surface area (TPSA) is 37.3 Å². The van der Waals surface area contributed by atoms with Gasteiger partial charge in [-0.3, -0.25) is 4.79 Å². The monoisotopic (exact) mass is 198 g/mol. The number of carbonyl (C=O) groups is 1. The summed E-state index contributed by atoms with van der Waals surface area (Å²) in [4.78, 5) is 10.3. The summed E-state index contributed by atoms with van der Waals surface area (Å²) < 4.78 is 25.8. The molecule has 0 aromatic carbocycles. The SMILES string of the molecule is O=C(Cl)C(F)(F)C1(O)CCCC1. The molecule has 0 spiro atoms. The second-order valence-electron chi connectivity index (χ2n) is 3.09. The van der Waals surface area contributed by atoms with Crippen molar-refractivity contribution < 1.29 is 18.7 Å². The highest BCUT2D eigenvalue weighted by atomic mass is 35.5. The van der Waals surface area contributed by atoms with E-state index >= 15 is 0 Å². The Labute approximate surface area is 73.5 Å². The van der Waals surface area contributed by atoms with E-state index in [9.17, 15) is 18.7 Å². The molecular formula is C7H9ClF2O2. The maximum Gasteiger partial charge on any atom is 0.347 e. The fourth-order valence-electron chi connectivity index (χ4n) is 1.46. The highest BCUT2D eigenvalue weighted by molar-refractivity contribution is 6.65. The minimum Gasteiger partial charge on any atom is -0.383 e. The highest BCUT2D eigenvalue weighted by Crippen LogP contribution is 2.42. The Hall–Kier alpha value is -0.220. The van der Waals surface area contributed by atoms with E-state index in [1.165, 1.54) is 0 Å². The first-order valence-electron chi connectivity index (χ1n) is 3.70.